The SMILES string of the molecule is CCC(=O)CN(C)C(C)C(=O)CCCC(C)=O. The molecule has 0 fully saturated rings. The molecule has 98 valence electrons. The van der Waals surface area contributed by atoms with Crippen LogP contribution in [0.4, 0.5) is 0 Å². The molecular formula is C13H23NO3. The Kier molecular flexibility index (Phi) is 7.63. The maximum Gasteiger partial charge on any atom is 0.149 e. The van der Waals surface area contributed by atoms with Gasteiger partial charge in [0.2, 0.25) is 0 Å². The fraction of sp³-hybridized carbons (Fsp3) is 0.769. The van der Waals surface area contributed by atoms with Crippen molar-refractivity contribution in [2.75, 3.05) is 13.6 Å². The van der Waals surface area contributed by atoms with Gasteiger partial charge in [-0.25, -0.2) is 0 Å². The van der Waals surface area contributed by atoms with Crippen LogP contribution in [0.15, 0.2) is 0 Å². The van der Waals surface area contributed by atoms with Crippen LogP contribution in [0.25, 0.3) is 0 Å². The summed E-state index contributed by atoms with van der Waals surface area (Å²) < 4.78 is 0. The summed E-state index contributed by atoms with van der Waals surface area (Å²) in [6.45, 7) is 5.46. The quantitative estimate of drug-likeness (QED) is 0.615. The third-order valence-corrected chi connectivity index (χ3v) is 2.90. The molecule has 0 aromatic carbocycles. The number of nitrogens with zero attached hydrogens (tertiary/aromatic N) is 1. The average Bonchev–Trinajstić information content (AvgIpc) is 2.26. The summed E-state index contributed by atoms with van der Waals surface area (Å²) in [4.78, 5) is 35.5. The Hall–Kier alpha value is -1.03. The Labute approximate surface area is 103 Å². The van der Waals surface area contributed by atoms with Crippen LogP contribution in [-0.4, -0.2) is 41.9 Å². The van der Waals surface area contributed by atoms with Crippen LogP contribution in [0, 0.1) is 0 Å². The van der Waals surface area contributed by atoms with Gasteiger partial charge >= 0.3 is 0 Å². The minimum absolute atomic E-state index is 0.0950. The molecule has 0 aliphatic heterocycles. The first-order valence-corrected chi connectivity index (χ1v) is 6.12. The van der Waals surface area contributed by atoms with Crippen LogP contribution in [0.1, 0.15) is 46.5 Å². The van der Waals surface area contributed by atoms with E-state index in [0.29, 0.717) is 32.2 Å². The van der Waals surface area contributed by atoms with Crippen molar-refractivity contribution in [3.8, 4) is 0 Å². The summed E-state index contributed by atoms with van der Waals surface area (Å²) in [5.41, 5.74) is 0. The minimum Gasteiger partial charge on any atom is -0.300 e. The molecule has 4 nitrogen and oxygen atoms in total. The molecule has 1 atom stereocenters. The Bertz CT molecular complexity index is 286. The van der Waals surface area contributed by atoms with E-state index in [1.54, 1.807) is 18.9 Å². The molecule has 0 aliphatic rings. The summed E-state index contributed by atoms with van der Waals surface area (Å²) in [7, 11) is 1.78. The van der Waals surface area contributed by atoms with E-state index in [4.69, 9.17) is 0 Å². The molecule has 0 saturated carbocycles. The third kappa shape index (κ3) is 7.00. The van der Waals surface area contributed by atoms with Gasteiger partial charge in [-0.05, 0) is 27.3 Å². The third-order valence-electron chi connectivity index (χ3n) is 2.90. The van der Waals surface area contributed by atoms with Gasteiger partial charge in [-0.3, -0.25) is 14.5 Å². The summed E-state index contributed by atoms with van der Waals surface area (Å²) in [6, 6.07) is -0.252. The molecule has 0 saturated heterocycles. The molecule has 0 heterocycles. The Balaban J connectivity index is 4.02. The molecule has 4 heteroatoms. The van der Waals surface area contributed by atoms with Crippen molar-refractivity contribution in [3.05, 3.63) is 0 Å². The largest absolute Gasteiger partial charge is 0.300 e. The lowest BCUT2D eigenvalue weighted by Gasteiger charge is -2.22. The van der Waals surface area contributed by atoms with Gasteiger partial charge in [-0.15, -0.1) is 0 Å². The van der Waals surface area contributed by atoms with Crippen molar-refractivity contribution in [1.29, 1.82) is 0 Å². The van der Waals surface area contributed by atoms with Gasteiger partial charge in [0.25, 0.3) is 0 Å². The van der Waals surface area contributed by atoms with E-state index in [2.05, 4.69) is 0 Å². The Morgan fingerprint density at radius 2 is 1.76 bits per heavy atom. The number of hydrogen-bond donors (Lipinski definition) is 0. The highest BCUT2D eigenvalue weighted by atomic mass is 16.1. The van der Waals surface area contributed by atoms with Gasteiger partial charge in [0.15, 0.2) is 0 Å². The zero-order valence-electron chi connectivity index (χ0n) is 11.3. The molecule has 0 aromatic rings. The molecule has 0 aromatic heterocycles. The minimum atomic E-state index is -0.252. The highest BCUT2D eigenvalue weighted by molar-refractivity contribution is 5.86. The number of Topliss-reactive ketones (excluding diaryl/α,β-unsaturated/α-hetero) is 3. The van der Waals surface area contributed by atoms with Crippen LogP contribution in [0.2, 0.25) is 0 Å². The summed E-state index contributed by atoms with van der Waals surface area (Å²) in [5, 5.41) is 0. The number of ketones is 3. The molecule has 0 aliphatic carbocycles. The first-order chi connectivity index (χ1) is 7.88. The zero-order valence-corrected chi connectivity index (χ0v) is 11.3. The second kappa shape index (κ2) is 8.12. The fourth-order valence-electron chi connectivity index (χ4n) is 1.49. The normalized spacial score (nSPS) is 12.5. The van der Waals surface area contributed by atoms with E-state index in [1.165, 1.54) is 6.92 Å². The van der Waals surface area contributed by atoms with Gasteiger partial charge in [0, 0.05) is 19.3 Å². The second-order valence-electron chi connectivity index (χ2n) is 4.51. The number of hydrogen-bond acceptors (Lipinski definition) is 4. The molecule has 0 N–H and O–H groups in total. The molecule has 1 unspecified atom stereocenters. The van der Waals surface area contributed by atoms with Crippen LogP contribution in [0.3, 0.4) is 0 Å². The van der Waals surface area contributed by atoms with E-state index in [0.717, 1.165) is 0 Å². The average molecular weight is 241 g/mol. The van der Waals surface area contributed by atoms with Crippen LogP contribution in [0.5, 0.6) is 0 Å². The zero-order chi connectivity index (χ0) is 13.4. The highest BCUT2D eigenvalue weighted by Gasteiger charge is 2.18. The topological polar surface area (TPSA) is 54.5 Å². The first kappa shape index (κ1) is 16.0. The molecular weight excluding hydrogens is 218 g/mol. The lowest BCUT2D eigenvalue weighted by molar-refractivity contribution is -0.125. The van der Waals surface area contributed by atoms with Gasteiger partial charge in [0.1, 0.15) is 17.3 Å². The van der Waals surface area contributed by atoms with E-state index in [1.807, 2.05) is 6.92 Å². The molecule has 0 bridgehead atoms. The summed E-state index contributed by atoms with van der Waals surface area (Å²) >= 11 is 0. The molecule has 0 radical (unpaired) electrons. The number of likely N-dealkylation sites (N-methyl/N-ethyl adjacent to an activating group) is 1. The Morgan fingerprint density at radius 1 is 1.18 bits per heavy atom. The number of carbonyl (C=O) groups excluding carboxylic acids is 3. The first-order valence-electron chi connectivity index (χ1n) is 6.12. The summed E-state index contributed by atoms with van der Waals surface area (Å²) in [6.07, 6.45) is 1.96. The highest BCUT2D eigenvalue weighted by Crippen LogP contribution is 2.05. The van der Waals surface area contributed by atoms with Crippen molar-refractivity contribution >= 4 is 17.3 Å². The molecule has 0 spiro atoms. The smallest absolute Gasteiger partial charge is 0.149 e. The van der Waals surface area contributed by atoms with Crippen molar-refractivity contribution in [3.63, 3.8) is 0 Å². The molecule has 0 amide bonds. The predicted octanol–water partition coefficient (Wildman–Crippen LogP) is 1.61. The van der Waals surface area contributed by atoms with E-state index in [9.17, 15) is 14.4 Å². The number of carbonyl (C=O) groups is 3. The van der Waals surface area contributed by atoms with E-state index in [-0.39, 0.29) is 23.4 Å². The maximum atomic E-state index is 11.8. The van der Waals surface area contributed by atoms with Crippen LogP contribution < -0.4 is 0 Å². The molecule has 17 heavy (non-hydrogen) atoms. The lowest BCUT2D eigenvalue weighted by Crippen LogP contribution is -2.39. The van der Waals surface area contributed by atoms with Gasteiger partial charge < -0.3 is 4.79 Å². The monoisotopic (exact) mass is 241 g/mol. The fourth-order valence-corrected chi connectivity index (χ4v) is 1.49. The van der Waals surface area contributed by atoms with Crippen molar-refractivity contribution in [1.82, 2.24) is 4.90 Å². The second-order valence-corrected chi connectivity index (χ2v) is 4.51. The van der Waals surface area contributed by atoms with Crippen molar-refractivity contribution < 1.29 is 14.4 Å². The van der Waals surface area contributed by atoms with Gasteiger partial charge in [-0.1, -0.05) is 6.92 Å². The summed E-state index contributed by atoms with van der Waals surface area (Å²) in [5.74, 6) is 0.341. The van der Waals surface area contributed by atoms with Crippen molar-refractivity contribution in [2.24, 2.45) is 0 Å². The van der Waals surface area contributed by atoms with Crippen LogP contribution in [-0.2, 0) is 14.4 Å². The maximum absolute atomic E-state index is 11.8. The van der Waals surface area contributed by atoms with Gasteiger partial charge in [0.05, 0.1) is 12.6 Å². The standard InChI is InChI=1S/C13H23NO3/c1-5-12(16)9-14(4)11(3)13(17)8-6-7-10(2)15/h11H,5-9H2,1-4H3. The number of rotatable bonds is 9. The molecule has 0 rings (SSSR count). The van der Waals surface area contributed by atoms with Crippen molar-refractivity contribution in [2.45, 2.75) is 52.5 Å². The van der Waals surface area contributed by atoms with Crippen LogP contribution >= 0.6 is 0 Å². The predicted molar refractivity (Wildman–Crippen MR) is 66.9 cm³/mol. The van der Waals surface area contributed by atoms with E-state index < -0.39 is 0 Å². The van der Waals surface area contributed by atoms with E-state index >= 15 is 0 Å². The van der Waals surface area contributed by atoms with Gasteiger partial charge in [-0.2, -0.15) is 0 Å². The Morgan fingerprint density at radius 3 is 2.24 bits per heavy atom. The lowest BCUT2D eigenvalue weighted by atomic mass is 10.1.